The second kappa shape index (κ2) is 6.54. The van der Waals surface area contributed by atoms with Gasteiger partial charge in [-0.2, -0.15) is 0 Å². The van der Waals surface area contributed by atoms with Crippen LogP contribution in [0.25, 0.3) is 0 Å². The third kappa shape index (κ3) is 3.68. The molecule has 4 nitrogen and oxygen atoms in total. The summed E-state index contributed by atoms with van der Waals surface area (Å²) in [4.78, 5) is 5.13. The number of benzene rings is 1. The summed E-state index contributed by atoms with van der Waals surface area (Å²) in [6.07, 6.45) is 1.73. The number of halogens is 1. The lowest BCUT2D eigenvalue weighted by Crippen LogP contribution is -1.96. The molecule has 2 aromatic rings. The highest BCUT2D eigenvalue weighted by Gasteiger charge is 2.06. The van der Waals surface area contributed by atoms with Crippen LogP contribution in [0.15, 0.2) is 41.4 Å². The molecular formula is C13H14ClN3OS. The van der Waals surface area contributed by atoms with Gasteiger partial charge in [-0.15, -0.1) is 0 Å². The molecule has 0 unspecified atom stereocenters. The van der Waals surface area contributed by atoms with Crippen LogP contribution in [0.4, 0.5) is 11.4 Å². The number of ether oxygens (including phenoxy) is 1. The van der Waals surface area contributed by atoms with Crippen LogP contribution in [0.1, 0.15) is 0 Å². The van der Waals surface area contributed by atoms with E-state index >= 15 is 0 Å². The second-order valence-electron chi connectivity index (χ2n) is 3.69. The molecule has 0 fully saturated rings. The van der Waals surface area contributed by atoms with Crippen molar-refractivity contribution in [3.05, 3.63) is 41.6 Å². The Morgan fingerprint density at radius 1 is 1.21 bits per heavy atom. The van der Waals surface area contributed by atoms with Crippen molar-refractivity contribution < 1.29 is 4.74 Å². The van der Waals surface area contributed by atoms with Crippen LogP contribution in [-0.4, -0.2) is 19.1 Å². The summed E-state index contributed by atoms with van der Waals surface area (Å²) in [6.45, 7) is 0. The minimum absolute atomic E-state index is 0.588. The summed E-state index contributed by atoms with van der Waals surface area (Å²) in [5.41, 5.74) is 1.90. The lowest BCUT2D eigenvalue weighted by Gasteiger charge is -2.10. The van der Waals surface area contributed by atoms with E-state index in [9.17, 15) is 0 Å². The van der Waals surface area contributed by atoms with Gasteiger partial charge in [0.05, 0.1) is 23.9 Å². The maximum Gasteiger partial charge on any atom is 0.229 e. The number of nitrogens with zero attached hydrogens (tertiary/aromatic N) is 1. The first-order chi connectivity index (χ1) is 9.22. The van der Waals surface area contributed by atoms with Gasteiger partial charge in [-0.3, -0.25) is 0 Å². The van der Waals surface area contributed by atoms with Gasteiger partial charge in [-0.05, 0) is 42.3 Å². The molecule has 0 aliphatic rings. The Morgan fingerprint density at radius 3 is 2.58 bits per heavy atom. The molecule has 0 atom stereocenters. The number of methoxy groups -OCH3 is 1. The monoisotopic (exact) mass is 295 g/mol. The molecule has 0 amide bonds. The Hall–Kier alpha value is -1.59. The maximum atomic E-state index is 5.84. The van der Waals surface area contributed by atoms with E-state index in [1.807, 2.05) is 37.4 Å². The van der Waals surface area contributed by atoms with Crippen molar-refractivity contribution in [3.63, 3.8) is 0 Å². The summed E-state index contributed by atoms with van der Waals surface area (Å²) >= 11 is 7.28. The zero-order valence-electron chi connectivity index (χ0n) is 10.6. The minimum atomic E-state index is 0.588. The molecule has 2 rings (SSSR count). The van der Waals surface area contributed by atoms with E-state index in [-0.39, 0.29) is 0 Å². The van der Waals surface area contributed by atoms with E-state index in [1.165, 1.54) is 11.9 Å². The SMILES string of the molecule is CNc1cnc(OC)c(SNc2ccc(Cl)cc2)c1. The van der Waals surface area contributed by atoms with Crippen molar-refractivity contribution in [3.8, 4) is 5.88 Å². The van der Waals surface area contributed by atoms with Gasteiger partial charge in [0.1, 0.15) is 0 Å². The second-order valence-corrected chi connectivity index (χ2v) is 4.98. The third-order valence-corrected chi connectivity index (χ3v) is 3.53. The molecule has 0 spiro atoms. The summed E-state index contributed by atoms with van der Waals surface area (Å²) in [5, 5.41) is 3.76. The zero-order valence-corrected chi connectivity index (χ0v) is 12.2. The van der Waals surface area contributed by atoms with Crippen LogP contribution in [0.3, 0.4) is 0 Å². The lowest BCUT2D eigenvalue weighted by atomic mass is 10.3. The van der Waals surface area contributed by atoms with Gasteiger partial charge in [0.25, 0.3) is 0 Å². The van der Waals surface area contributed by atoms with Crippen LogP contribution < -0.4 is 14.8 Å². The smallest absolute Gasteiger partial charge is 0.229 e. The number of aromatic nitrogens is 1. The van der Waals surface area contributed by atoms with Crippen LogP contribution in [0.2, 0.25) is 5.02 Å². The van der Waals surface area contributed by atoms with Crippen molar-refractivity contribution in [2.24, 2.45) is 0 Å². The van der Waals surface area contributed by atoms with Crippen molar-refractivity contribution in [1.29, 1.82) is 0 Å². The molecule has 1 aromatic carbocycles. The van der Waals surface area contributed by atoms with Crippen LogP contribution in [0, 0.1) is 0 Å². The Morgan fingerprint density at radius 2 is 1.95 bits per heavy atom. The molecule has 2 N–H and O–H groups in total. The number of anilines is 2. The van der Waals surface area contributed by atoms with Gasteiger partial charge in [0.2, 0.25) is 5.88 Å². The molecule has 0 bridgehead atoms. The summed E-state index contributed by atoms with van der Waals surface area (Å²) in [7, 11) is 3.46. The standard InChI is InChI=1S/C13H14ClN3OS/c1-15-11-7-12(13(18-2)16-8-11)19-17-10-5-3-9(14)4-6-10/h3-8,15,17H,1-2H3. The predicted octanol–water partition coefficient (Wildman–Crippen LogP) is 3.90. The molecule has 1 heterocycles. The molecular weight excluding hydrogens is 282 g/mol. The first kappa shape index (κ1) is 13.8. The lowest BCUT2D eigenvalue weighted by molar-refractivity contribution is 0.387. The highest BCUT2D eigenvalue weighted by atomic mass is 35.5. The van der Waals surface area contributed by atoms with E-state index in [0.29, 0.717) is 10.9 Å². The quantitative estimate of drug-likeness (QED) is 0.819. The normalized spacial score (nSPS) is 10.1. The molecule has 0 saturated carbocycles. The molecule has 0 aliphatic carbocycles. The average Bonchev–Trinajstić information content (AvgIpc) is 2.46. The Kier molecular flexibility index (Phi) is 4.76. The summed E-state index contributed by atoms with van der Waals surface area (Å²) < 4.78 is 8.46. The van der Waals surface area contributed by atoms with Gasteiger partial charge in [0, 0.05) is 17.8 Å². The Labute approximate surface area is 121 Å². The number of nitrogens with one attached hydrogen (secondary N) is 2. The fraction of sp³-hybridized carbons (Fsp3) is 0.154. The number of rotatable bonds is 5. The zero-order chi connectivity index (χ0) is 13.7. The van der Waals surface area contributed by atoms with Gasteiger partial charge >= 0.3 is 0 Å². The number of pyridine rings is 1. The van der Waals surface area contributed by atoms with Crippen molar-refractivity contribution in [2.45, 2.75) is 4.90 Å². The largest absolute Gasteiger partial charge is 0.480 e. The Bertz CT molecular complexity index is 548. The molecule has 6 heteroatoms. The van der Waals surface area contributed by atoms with E-state index in [1.54, 1.807) is 13.3 Å². The van der Waals surface area contributed by atoms with E-state index in [4.69, 9.17) is 16.3 Å². The fourth-order valence-corrected chi connectivity index (χ4v) is 2.33. The molecule has 0 aliphatic heterocycles. The van der Waals surface area contributed by atoms with E-state index < -0.39 is 0 Å². The number of hydrogen-bond acceptors (Lipinski definition) is 5. The van der Waals surface area contributed by atoms with Gasteiger partial charge < -0.3 is 14.8 Å². The summed E-state index contributed by atoms with van der Waals surface area (Å²) in [6, 6.07) is 9.47. The molecule has 19 heavy (non-hydrogen) atoms. The van der Waals surface area contributed by atoms with Crippen LogP contribution in [0.5, 0.6) is 5.88 Å². The van der Waals surface area contributed by atoms with Crippen LogP contribution in [-0.2, 0) is 0 Å². The molecule has 100 valence electrons. The maximum absolute atomic E-state index is 5.84. The predicted molar refractivity (Wildman–Crippen MR) is 81.3 cm³/mol. The molecule has 0 saturated heterocycles. The topological polar surface area (TPSA) is 46.2 Å². The van der Waals surface area contributed by atoms with Crippen molar-refractivity contribution in [2.75, 3.05) is 24.2 Å². The number of hydrogen-bond donors (Lipinski definition) is 2. The van der Waals surface area contributed by atoms with Crippen LogP contribution >= 0.6 is 23.5 Å². The Balaban J connectivity index is 2.11. The van der Waals surface area contributed by atoms with E-state index in [2.05, 4.69) is 15.0 Å². The first-order valence-corrected chi connectivity index (χ1v) is 6.82. The van der Waals surface area contributed by atoms with Crippen molar-refractivity contribution in [1.82, 2.24) is 4.98 Å². The molecule has 0 radical (unpaired) electrons. The molecule has 1 aromatic heterocycles. The first-order valence-electron chi connectivity index (χ1n) is 5.63. The van der Waals surface area contributed by atoms with Gasteiger partial charge in [-0.1, -0.05) is 11.6 Å². The summed E-state index contributed by atoms with van der Waals surface area (Å²) in [5.74, 6) is 0.588. The minimum Gasteiger partial charge on any atom is -0.480 e. The third-order valence-electron chi connectivity index (χ3n) is 2.42. The highest BCUT2D eigenvalue weighted by molar-refractivity contribution is 8.00. The highest BCUT2D eigenvalue weighted by Crippen LogP contribution is 2.30. The van der Waals surface area contributed by atoms with Gasteiger partial charge in [0.15, 0.2) is 0 Å². The average molecular weight is 296 g/mol. The van der Waals surface area contributed by atoms with Crippen molar-refractivity contribution >= 4 is 34.9 Å². The van der Waals surface area contributed by atoms with Gasteiger partial charge in [-0.25, -0.2) is 4.98 Å². The van der Waals surface area contributed by atoms with E-state index in [0.717, 1.165) is 16.3 Å². The fourth-order valence-electron chi connectivity index (χ4n) is 1.43.